The van der Waals surface area contributed by atoms with Crippen molar-refractivity contribution >= 4 is 23.1 Å². The SMILES string of the molecule is CC1CCN(c2nc(Cl)ccc2N)C1. The third-order valence-corrected chi connectivity index (χ3v) is 2.81. The topological polar surface area (TPSA) is 42.2 Å². The van der Waals surface area contributed by atoms with Crippen molar-refractivity contribution < 1.29 is 0 Å². The molecule has 1 atom stereocenters. The smallest absolute Gasteiger partial charge is 0.153 e. The first kappa shape index (κ1) is 9.59. The second-order valence-electron chi connectivity index (χ2n) is 3.89. The van der Waals surface area contributed by atoms with Crippen LogP contribution < -0.4 is 10.6 Å². The van der Waals surface area contributed by atoms with E-state index in [9.17, 15) is 0 Å². The Morgan fingerprint density at radius 1 is 1.57 bits per heavy atom. The molecule has 2 heterocycles. The molecule has 1 unspecified atom stereocenters. The minimum atomic E-state index is 0.508. The van der Waals surface area contributed by atoms with Crippen molar-refractivity contribution in [2.24, 2.45) is 5.92 Å². The number of rotatable bonds is 1. The van der Waals surface area contributed by atoms with Gasteiger partial charge in [0.15, 0.2) is 5.82 Å². The third-order valence-electron chi connectivity index (χ3n) is 2.59. The van der Waals surface area contributed by atoms with E-state index in [-0.39, 0.29) is 0 Å². The van der Waals surface area contributed by atoms with Gasteiger partial charge in [0.1, 0.15) is 5.15 Å². The number of hydrogen-bond acceptors (Lipinski definition) is 3. The number of aromatic nitrogens is 1. The molecule has 2 rings (SSSR count). The van der Waals surface area contributed by atoms with Gasteiger partial charge in [0.25, 0.3) is 0 Å². The predicted molar refractivity (Wildman–Crippen MR) is 59.7 cm³/mol. The summed E-state index contributed by atoms with van der Waals surface area (Å²) < 4.78 is 0. The lowest BCUT2D eigenvalue weighted by molar-refractivity contribution is 0.659. The van der Waals surface area contributed by atoms with Crippen LogP contribution in [0.2, 0.25) is 5.15 Å². The van der Waals surface area contributed by atoms with Crippen molar-refractivity contribution in [1.82, 2.24) is 4.98 Å². The summed E-state index contributed by atoms with van der Waals surface area (Å²) in [5.41, 5.74) is 6.56. The summed E-state index contributed by atoms with van der Waals surface area (Å²) in [6.45, 7) is 4.29. The third kappa shape index (κ3) is 1.77. The molecule has 0 aromatic carbocycles. The Hall–Kier alpha value is -0.960. The Kier molecular flexibility index (Phi) is 2.50. The largest absolute Gasteiger partial charge is 0.396 e. The predicted octanol–water partition coefficient (Wildman–Crippen LogP) is 2.16. The first-order valence-electron chi connectivity index (χ1n) is 4.84. The molecule has 14 heavy (non-hydrogen) atoms. The summed E-state index contributed by atoms with van der Waals surface area (Å²) in [5.74, 6) is 1.55. The van der Waals surface area contributed by atoms with Crippen LogP contribution in [-0.2, 0) is 0 Å². The molecule has 3 nitrogen and oxygen atoms in total. The quantitative estimate of drug-likeness (QED) is 0.724. The molecular formula is C10H14ClN3. The number of nitrogens with two attached hydrogens (primary N) is 1. The molecule has 0 aliphatic carbocycles. The molecular weight excluding hydrogens is 198 g/mol. The summed E-state index contributed by atoms with van der Waals surface area (Å²) >= 11 is 5.84. The molecule has 1 aliphatic heterocycles. The van der Waals surface area contributed by atoms with E-state index in [1.54, 1.807) is 6.07 Å². The average Bonchev–Trinajstić information content (AvgIpc) is 2.56. The van der Waals surface area contributed by atoms with Crippen molar-refractivity contribution in [2.75, 3.05) is 23.7 Å². The van der Waals surface area contributed by atoms with E-state index in [1.807, 2.05) is 6.07 Å². The Labute approximate surface area is 88.9 Å². The van der Waals surface area contributed by atoms with Crippen LogP contribution in [0.1, 0.15) is 13.3 Å². The van der Waals surface area contributed by atoms with Gasteiger partial charge in [0.05, 0.1) is 5.69 Å². The number of hydrogen-bond donors (Lipinski definition) is 1. The molecule has 0 spiro atoms. The van der Waals surface area contributed by atoms with E-state index in [2.05, 4.69) is 16.8 Å². The summed E-state index contributed by atoms with van der Waals surface area (Å²) in [7, 11) is 0. The number of anilines is 2. The van der Waals surface area contributed by atoms with E-state index < -0.39 is 0 Å². The van der Waals surface area contributed by atoms with Crippen LogP contribution in [0, 0.1) is 5.92 Å². The normalized spacial score (nSPS) is 21.6. The lowest BCUT2D eigenvalue weighted by Crippen LogP contribution is -2.21. The number of halogens is 1. The summed E-state index contributed by atoms with van der Waals surface area (Å²) in [6.07, 6.45) is 1.20. The van der Waals surface area contributed by atoms with Crippen LogP contribution in [0.25, 0.3) is 0 Å². The molecule has 0 bridgehead atoms. The Balaban J connectivity index is 2.27. The fraction of sp³-hybridized carbons (Fsp3) is 0.500. The monoisotopic (exact) mass is 211 g/mol. The van der Waals surface area contributed by atoms with Crippen molar-refractivity contribution in [3.63, 3.8) is 0 Å². The number of nitrogen functional groups attached to an aromatic ring is 1. The standard InChI is InChI=1S/C10H14ClN3/c1-7-4-5-14(6-7)10-8(12)2-3-9(11)13-10/h2-3,7H,4-6,12H2,1H3. The molecule has 4 heteroatoms. The van der Waals surface area contributed by atoms with E-state index in [0.29, 0.717) is 10.8 Å². The van der Waals surface area contributed by atoms with Crippen molar-refractivity contribution in [3.8, 4) is 0 Å². The molecule has 0 amide bonds. The van der Waals surface area contributed by atoms with E-state index in [4.69, 9.17) is 17.3 Å². The van der Waals surface area contributed by atoms with Gasteiger partial charge in [-0.05, 0) is 24.5 Å². The molecule has 1 aromatic rings. The summed E-state index contributed by atoms with van der Waals surface area (Å²) in [5, 5.41) is 0.508. The van der Waals surface area contributed by atoms with Crippen molar-refractivity contribution in [1.29, 1.82) is 0 Å². The van der Waals surface area contributed by atoms with Gasteiger partial charge >= 0.3 is 0 Å². The second kappa shape index (κ2) is 3.65. The Morgan fingerprint density at radius 3 is 3.00 bits per heavy atom. The molecule has 2 N–H and O–H groups in total. The second-order valence-corrected chi connectivity index (χ2v) is 4.27. The zero-order chi connectivity index (χ0) is 10.1. The van der Waals surface area contributed by atoms with E-state index >= 15 is 0 Å². The first-order valence-corrected chi connectivity index (χ1v) is 5.21. The minimum Gasteiger partial charge on any atom is -0.396 e. The average molecular weight is 212 g/mol. The van der Waals surface area contributed by atoms with Crippen LogP contribution in [0.5, 0.6) is 0 Å². The zero-order valence-electron chi connectivity index (χ0n) is 8.20. The number of pyridine rings is 1. The maximum absolute atomic E-state index is 5.85. The maximum atomic E-state index is 5.85. The van der Waals surface area contributed by atoms with Crippen molar-refractivity contribution in [2.45, 2.75) is 13.3 Å². The lowest BCUT2D eigenvalue weighted by atomic mass is 10.2. The molecule has 1 aliphatic rings. The minimum absolute atomic E-state index is 0.508. The first-order chi connectivity index (χ1) is 6.66. The van der Waals surface area contributed by atoms with Gasteiger partial charge in [-0.15, -0.1) is 0 Å². The van der Waals surface area contributed by atoms with E-state index in [1.165, 1.54) is 6.42 Å². The van der Waals surface area contributed by atoms with Crippen LogP contribution >= 0.6 is 11.6 Å². The van der Waals surface area contributed by atoms with Crippen LogP contribution in [0.15, 0.2) is 12.1 Å². The van der Waals surface area contributed by atoms with Gasteiger partial charge in [-0.2, -0.15) is 0 Å². The van der Waals surface area contributed by atoms with Gasteiger partial charge in [-0.1, -0.05) is 18.5 Å². The van der Waals surface area contributed by atoms with Gasteiger partial charge in [-0.25, -0.2) is 4.98 Å². The molecule has 1 saturated heterocycles. The molecule has 1 fully saturated rings. The lowest BCUT2D eigenvalue weighted by Gasteiger charge is -2.18. The van der Waals surface area contributed by atoms with Crippen LogP contribution in [-0.4, -0.2) is 18.1 Å². The number of nitrogens with zero attached hydrogens (tertiary/aromatic N) is 2. The Morgan fingerprint density at radius 2 is 2.36 bits per heavy atom. The van der Waals surface area contributed by atoms with Crippen LogP contribution in [0.3, 0.4) is 0 Å². The molecule has 76 valence electrons. The van der Waals surface area contributed by atoms with Gasteiger partial charge in [0, 0.05) is 13.1 Å². The maximum Gasteiger partial charge on any atom is 0.153 e. The fourth-order valence-electron chi connectivity index (χ4n) is 1.82. The highest BCUT2D eigenvalue weighted by Gasteiger charge is 2.21. The summed E-state index contributed by atoms with van der Waals surface area (Å²) in [6, 6.07) is 3.54. The van der Waals surface area contributed by atoms with E-state index in [0.717, 1.165) is 24.8 Å². The summed E-state index contributed by atoms with van der Waals surface area (Å²) in [4.78, 5) is 6.46. The molecule has 0 saturated carbocycles. The van der Waals surface area contributed by atoms with Gasteiger partial charge in [-0.3, -0.25) is 0 Å². The van der Waals surface area contributed by atoms with Gasteiger partial charge < -0.3 is 10.6 Å². The highest BCUT2D eigenvalue weighted by atomic mass is 35.5. The Bertz CT molecular complexity index is 340. The van der Waals surface area contributed by atoms with Crippen LogP contribution in [0.4, 0.5) is 11.5 Å². The van der Waals surface area contributed by atoms with Gasteiger partial charge in [0.2, 0.25) is 0 Å². The highest BCUT2D eigenvalue weighted by Crippen LogP contribution is 2.27. The van der Waals surface area contributed by atoms with Crippen molar-refractivity contribution in [3.05, 3.63) is 17.3 Å². The highest BCUT2D eigenvalue weighted by molar-refractivity contribution is 6.29. The molecule has 0 radical (unpaired) electrons. The molecule has 1 aromatic heterocycles. The fourth-order valence-corrected chi connectivity index (χ4v) is 1.96. The zero-order valence-corrected chi connectivity index (χ0v) is 8.96.